The van der Waals surface area contributed by atoms with Gasteiger partial charge in [-0.2, -0.15) is 0 Å². The standard InChI is InChI=1S/C12H10P.C4H10N.C2H5.Al/c1-3-7-11(8-4-1)13-12-9-5-2-6-10-12;1-3-5-4-2;1-2;/h1-10H;3-4H2,1-2H3;1H2,2H3;/q2*-1;;+2. The first-order valence-corrected chi connectivity index (χ1v) is 9.92. The van der Waals surface area contributed by atoms with Crippen molar-refractivity contribution in [2.75, 3.05) is 13.1 Å². The number of rotatable bonds is 6. The average molecular weight is 313 g/mol. The Morgan fingerprint density at radius 2 is 1.19 bits per heavy atom. The van der Waals surface area contributed by atoms with E-state index in [9.17, 15) is 0 Å². The van der Waals surface area contributed by atoms with Crippen molar-refractivity contribution in [1.29, 1.82) is 0 Å². The fraction of sp³-hybridized carbons (Fsp3) is 0.333. The van der Waals surface area contributed by atoms with Crippen molar-refractivity contribution in [1.82, 2.24) is 3.88 Å². The van der Waals surface area contributed by atoms with Crippen LogP contribution in [0.2, 0.25) is 5.28 Å². The molecule has 0 atom stereocenters. The summed E-state index contributed by atoms with van der Waals surface area (Å²) in [6, 6.07) is 21.0. The van der Waals surface area contributed by atoms with E-state index >= 15 is 0 Å². The van der Waals surface area contributed by atoms with Crippen LogP contribution in [0.15, 0.2) is 60.7 Å². The van der Waals surface area contributed by atoms with Crippen LogP contribution in [-0.2, 0) is 0 Å². The third kappa shape index (κ3) is 8.40. The second-order valence-electron chi connectivity index (χ2n) is 4.59. The number of benzene rings is 2. The normalized spacial score (nSPS) is 9.71. The van der Waals surface area contributed by atoms with E-state index in [1.54, 1.807) is 0 Å². The third-order valence-electron chi connectivity index (χ3n) is 3.02. The number of hydrogen-bond donors (Lipinski definition) is 0. The maximum absolute atomic E-state index is 2.51. The molecule has 21 heavy (non-hydrogen) atoms. The minimum atomic E-state index is 0.604. The summed E-state index contributed by atoms with van der Waals surface area (Å²) in [4.78, 5) is 0. The summed E-state index contributed by atoms with van der Waals surface area (Å²) in [5.74, 6) is 0. The van der Waals surface area contributed by atoms with Gasteiger partial charge in [0.05, 0.1) is 0 Å². The van der Waals surface area contributed by atoms with Crippen molar-refractivity contribution in [3.63, 3.8) is 0 Å². The summed E-state index contributed by atoms with van der Waals surface area (Å²) in [6.07, 6.45) is 0. The summed E-state index contributed by atoms with van der Waals surface area (Å²) in [7, 11) is 1.28. The van der Waals surface area contributed by atoms with Crippen LogP contribution >= 0.6 is 8.58 Å². The van der Waals surface area contributed by atoms with Gasteiger partial charge in [0.1, 0.15) is 0 Å². The van der Waals surface area contributed by atoms with Crippen LogP contribution < -0.4 is 10.6 Å². The number of nitrogens with zero attached hydrogens (tertiary/aromatic N) is 1. The van der Waals surface area contributed by atoms with Gasteiger partial charge in [0.2, 0.25) is 0 Å². The first-order chi connectivity index (χ1) is 10.3. The predicted octanol–water partition coefficient (Wildman–Crippen LogP) is 3.97. The van der Waals surface area contributed by atoms with E-state index in [1.165, 1.54) is 37.6 Å². The maximum atomic E-state index is 2.51. The van der Waals surface area contributed by atoms with Crippen molar-refractivity contribution < 1.29 is 0 Å². The Morgan fingerprint density at radius 3 is 1.48 bits per heavy atom. The second kappa shape index (κ2) is 12.0. The summed E-state index contributed by atoms with van der Waals surface area (Å²) < 4.78 is 2.51. The quantitative estimate of drug-likeness (QED) is 0.576. The molecule has 2 aromatic rings. The molecule has 0 saturated carbocycles. The summed E-state index contributed by atoms with van der Waals surface area (Å²) in [5.41, 5.74) is 0. The topological polar surface area (TPSA) is 3.24 Å². The molecule has 0 aliphatic rings. The van der Waals surface area contributed by atoms with Gasteiger partial charge in [-0.1, -0.05) is 60.7 Å². The monoisotopic (exact) mass is 313 g/mol. The van der Waals surface area contributed by atoms with E-state index in [2.05, 4.69) is 73.2 Å². The molecule has 0 aliphatic heterocycles. The van der Waals surface area contributed by atoms with E-state index in [0.717, 1.165) is 0 Å². The molecule has 1 nitrogen and oxygen atoms in total. The van der Waals surface area contributed by atoms with Crippen LogP contribution in [0.25, 0.3) is 0 Å². The van der Waals surface area contributed by atoms with Crippen molar-refractivity contribution >= 4 is 34.6 Å². The molecular weight excluding hydrogens is 288 g/mol. The number of hydrogen-bond acceptors (Lipinski definition) is 1. The molecule has 0 unspecified atom stereocenters. The second-order valence-corrected chi connectivity index (χ2v) is 7.76. The van der Waals surface area contributed by atoms with E-state index in [-0.39, 0.29) is 0 Å². The molecule has 2 aromatic carbocycles. The molecule has 0 amide bonds. The zero-order valence-corrected chi connectivity index (χ0v) is 15.4. The van der Waals surface area contributed by atoms with Gasteiger partial charge >= 0.3 is 58.5 Å². The van der Waals surface area contributed by atoms with Crippen molar-refractivity contribution in [3.8, 4) is 0 Å². The van der Waals surface area contributed by atoms with Crippen LogP contribution in [0, 0.1) is 0 Å². The van der Waals surface area contributed by atoms with Gasteiger partial charge in [0.25, 0.3) is 0 Å². The van der Waals surface area contributed by atoms with E-state index in [1.807, 2.05) is 12.1 Å². The molecule has 0 bridgehead atoms. The van der Waals surface area contributed by atoms with Gasteiger partial charge in [0.15, 0.2) is 0 Å². The molecule has 0 aromatic heterocycles. The molecule has 3 heteroatoms. The van der Waals surface area contributed by atoms with Gasteiger partial charge in [-0.15, -0.1) is 0 Å². The van der Waals surface area contributed by atoms with Gasteiger partial charge in [0, 0.05) is 0 Å². The molecule has 110 valence electrons. The maximum Gasteiger partial charge on any atom is -0.0624 e. The molecule has 0 N–H and O–H groups in total. The zero-order valence-electron chi connectivity index (χ0n) is 13.4. The molecule has 0 radical (unpaired) electrons. The fourth-order valence-corrected chi connectivity index (χ4v) is 3.87. The van der Waals surface area contributed by atoms with Crippen LogP contribution in [0.1, 0.15) is 20.8 Å². The smallest absolute Gasteiger partial charge is 0.0624 e. The van der Waals surface area contributed by atoms with Gasteiger partial charge in [-0.05, 0) is 0 Å². The molecule has 0 aliphatic carbocycles. The average Bonchev–Trinajstić information content (AvgIpc) is 2.55. The molecular formula is C18H25AlNP. The van der Waals surface area contributed by atoms with Crippen molar-refractivity contribution in [3.05, 3.63) is 60.7 Å². The molecule has 2 rings (SSSR count). The van der Waals surface area contributed by atoms with Crippen LogP contribution in [0.5, 0.6) is 0 Å². The SMILES string of the molecule is C[CH2][Al+][N](CC)CC.c1ccc([P-]c2ccccc2)cc1. The largest absolute Gasteiger partial charge is 0.472 e. The first-order valence-electron chi connectivity index (χ1n) is 7.69. The molecule has 0 saturated heterocycles. The summed E-state index contributed by atoms with van der Waals surface area (Å²) >= 11 is 0.604. The van der Waals surface area contributed by atoms with Gasteiger partial charge in [-0.3, -0.25) is 0 Å². The Morgan fingerprint density at radius 1 is 0.762 bits per heavy atom. The Balaban J connectivity index is 0.000000240. The molecule has 0 heterocycles. The summed E-state index contributed by atoms with van der Waals surface area (Å²) in [6.45, 7) is 9.19. The molecule has 0 spiro atoms. The summed E-state index contributed by atoms with van der Waals surface area (Å²) in [5, 5.41) is 4.05. The third-order valence-corrected chi connectivity index (χ3v) is 5.75. The predicted molar refractivity (Wildman–Crippen MR) is 98.2 cm³/mol. The van der Waals surface area contributed by atoms with E-state index in [0.29, 0.717) is 15.4 Å². The van der Waals surface area contributed by atoms with Crippen LogP contribution in [0.4, 0.5) is 0 Å². The van der Waals surface area contributed by atoms with Crippen molar-refractivity contribution in [2.24, 2.45) is 0 Å². The van der Waals surface area contributed by atoms with Crippen LogP contribution in [-0.4, -0.2) is 32.4 Å². The van der Waals surface area contributed by atoms with E-state index < -0.39 is 0 Å². The Hall–Kier alpha value is -0.638. The first kappa shape index (κ1) is 18.4. The van der Waals surface area contributed by atoms with Crippen LogP contribution in [0.3, 0.4) is 0 Å². The minimum Gasteiger partial charge on any atom is -0.472 e. The Labute approximate surface area is 138 Å². The fourth-order valence-electron chi connectivity index (χ4n) is 1.89. The Kier molecular flexibility index (Phi) is 10.5. The van der Waals surface area contributed by atoms with Crippen molar-refractivity contribution in [2.45, 2.75) is 26.1 Å². The van der Waals surface area contributed by atoms with E-state index in [4.69, 9.17) is 0 Å². The van der Waals surface area contributed by atoms with Gasteiger partial charge < -0.3 is 8.58 Å². The minimum absolute atomic E-state index is 0.604. The zero-order chi connectivity index (χ0) is 15.3. The molecule has 0 fully saturated rings. The van der Waals surface area contributed by atoms with Gasteiger partial charge in [-0.25, -0.2) is 10.6 Å². The Bertz CT molecular complexity index is 420.